The highest BCUT2D eigenvalue weighted by Gasteiger charge is 2.36. The third-order valence-corrected chi connectivity index (χ3v) is 4.22. The molecule has 1 heterocycles. The summed E-state index contributed by atoms with van der Waals surface area (Å²) < 4.78 is 5.82. The molecule has 2 rings (SSSR count). The van der Waals surface area contributed by atoms with Gasteiger partial charge in [-0.05, 0) is 43.9 Å². The van der Waals surface area contributed by atoms with Crippen LogP contribution in [0.15, 0.2) is 24.3 Å². The zero-order valence-corrected chi connectivity index (χ0v) is 11.9. The predicted octanol–water partition coefficient (Wildman–Crippen LogP) is 2.52. The van der Waals surface area contributed by atoms with E-state index in [0.717, 1.165) is 18.4 Å². The third kappa shape index (κ3) is 3.29. The fraction of sp³-hybridized carbons (Fsp3) is 0.600. The first-order valence-electron chi connectivity index (χ1n) is 6.73. The summed E-state index contributed by atoms with van der Waals surface area (Å²) in [5.74, 6) is 0. The van der Waals surface area contributed by atoms with Crippen molar-refractivity contribution in [3.05, 3.63) is 34.9 Å². The van der Waals surface area contributed by atoms with Crippen molar-refractivity contribution in [1.29, 1.82) is 0 Å². The van der Waals surface area contributed by atoms with Crippen molar-refractivity contribution in [2.75, 3.05) is 13.2 Å². The number of rotatable bonds is 5. The van der Waals surface area contributed by atoms with Gasteiger partial charge in [0.05, 0.1) is 25.4 Å². The Morgan fingerprint density at radius 3 is 2.58 bits per heavy atom. The molecule has 2 N–H and O–H groups in total. The van der Waals surface area contributed by atoms with Crippen LogP contribution in [0, 0.1) is 0 Å². The van der Waals surface area contributed by atoms with E-state index >= 15 is 0 Å². The summed E-state index contributed by atoms with van der Waals surface area (Å²) in [4.78, 5) is 0. The molecule has 1 fully saturated rings. The zero-order valence-electron chi connectivity index (χ0n) is 11.2. The van der Waals surface area contributed by atoms with Crippen LogP contribution in [0.3, 0.4) is 0 Å². The quantitative estimate of drug-likeness (QED) is 0.873. The summed E-state index contributed by atoms with van der Waals surface area (Å²) in [7, 11) is 0. The molecule has 0 radical (unpaired) electrons. The van der Waals surface area contributed by atoms with Gasteiger partial charge in [-0.15, -0.1) is 0 Å². The van der Waals surface area contributed by atoms with Gasteiger partial charge >= 0.3 is 0 Å². The van der Waals surface area contributed by atoms with Gasteiger partial charge in [0.25, 0.3) is 0 Å². The summed E-state index contributed by atoms with van der Waals surface area (Å²) >= 11 is 6.01. The standard InChI is InChI=1S/C15H21ClO3/c1-11-5-6-14(19-11)8-15(9-17,10-18)12-3-2-4-13(16)7-12/h2-4,7,11,14,17-18H,5-6,8-10H2,1H3. The largest absolute Gasteiger partial charge is 0.395 e. The van der Waals surface area contributed by atoms with Gasteiger partial charge in [0, 0.05) is 10.4 Å². The minimum Gasteiger partial charge on any atom is -0.395 e. The fourth-order valence-electron chi connectivity index (χ4n) is 2.77. The van der Waals surface area contributed by atoms with E-state index in [-0.39, 0.29) is 25.4 Å². The van der Waals surface area contributed by atoms with Crippen LogP contribution < -0.4 is 0 Å². The number of halogens is 1. The van der Waals surface area contributed by atoms with Crippen LogP contribution in [0.4, 0.5) is 0 Å². The lowest BCUT2D eigenvalue weighted by atomic mass is 9.77. The van der Waals surface area contributed by atoms with Gasteiger partial charge < -0.3 is 14.9 Å². The first kappa shape index (κ1) is 14.8. The molecule has 0 aliphatic carbocycles. The van der Waals surface area contributed by atoms with Gasteiger partial charge in [-0.1, -0.05) is 23.7 Å². The van der Waals surface area contributed by atoms with Gasteiger partial charge in [0.15, 0.2) is 0 Å². The Hall–Kier alpha value is -0.610. The van der Waals surface area contributed by atoms with Gasteiger partial charge in [-0.25, -0.2) is 0 Å². The van der Waals surface area contributed by atoms with E-state index in [4.69, 9.17) is 16.3 Å². The van der Waals surface area contributed by atoms with E-state index < -0.39 is 5.41 Å². The van der Waals surface area contributed by atoms with Crippen LogP contribution >= 0.6 is 11.6 Å². The van der Waals surface area contributed by atoms with Crippen LogP contribution in [-0.4, -0.2) is 35.6 Å². The Balaban J connectivity index is 2.21. The van der Waals surface area contributed by atoms with Gasteiger partial charge in [0.1, 0.15) is 0 Å². The second-order valence-electron chi connectivity index (χ2n) is 5.46. The number of hydrogen-bond acceptors (Lipinski definition) is 3. The Labute approximate surface area is 119 Å². The SMILES string of the molecule is CC1CCC(CC(CO)(CO)c2cccc(Cl)c2)O1. The summed E-state index contributed by atoms with van der Waals surface area (Å²) in [6, 6.07) is 7.34. The minimum atomic E-state index is -0.681. The molecule has 4 heteroatoms. The van der Waals surface area contributed by atoms with Crippen LogP contribution in [0.25, 0.3) is 0 Å². The maximum Gasteiger partial charge on any atom is 0.0590 e. The first-order valence-corrected chi connectivity index (χ1v) is 7.10. The summed E-state index contributed by atoms with van der Waals surface area (Å²) in [6.07, 6.45) is 2.98. The highest BCUT2D eigenvalue weighted by atomic mass is 35.5. The maximum atomic E-state index is 9.79. The lowest BCUT2D eigenvalue weighted by Gasteiger charge is -2.33. The Kier molecular flexibility index (Phi) is 4.85. The van der Waals surface area contributed by atoms with E-state index in [1.807, 2.05) is 18.2 Å². The normalized spacial score (nSPS) is 23.8. The lowest BCUT2D eigenvalue weighted by Crippen LogP contribution is -2.38. The number of aliphatic hydroxyl groups excluding tert-OH is 2. The van der Waals surface area contributed by atoms with Crippen molar-refractivity contribution in [1.82, 2.24) is 0 Å². The molecule has 1 aliphatic heterocycles. The average Bonchev–Trinajstić information content (AvgIpc) is 2.81. The molecule has 0 saturated carbocycles. The Morgan fingerprint density at radius 2 is 2.05 bits per heavy atom. The monoisotopic (exact) mass is 284 g/mol. The van der Waals surface area contributed by atoms with E-state index in [9.17, 15) is 10.2 Å². The van der Waals surface area contributed by atoms with Crippen molar-refractivity contribution < 1.29 is 14.9 Å². The molecule has 19 heavy (non-hydrogen) atoms. The summed E-state index contributed by atoms with van der Waals surface area (Å²) in [6.45, 7) is 1.83. The number of ether oxygens (including phenoxy) is 1. The summed E-state index contributed by atoms with van der Waals surface area (Å²) in [5.41, 5.74) is 0.188. The molecular formula is C15H21ClO3. The van der Waals surface area contributed by atoms with Gasteiger partial charge in [0.2, 0.25) is 0 Å². The van der Waals surface area contributed by atoms with Crippen molar-refractivity contribution in [3.63, 3.8) is 0 Å². The zero-order chi connectivity index (χ0) is 13.9. The predicted molar refractivity (Wildman–Crippen MR) is 75.5 cm³/mol. The fourth-order valence-corrected chi connectivity index (χ4v) is 2.96. The minimum absolute atomic E-state index is 0.0910. The van der Waals surface area contributed by atoms with Crippen molar-refractivity contribution >= 4 is 11.6 Å². The molecule has 106 valence electrons. The molecule has 2 unspecified atom stereocenters. The Bertz CT molecular complexity index is 418. The molecule has 0 amide bonds. The van der Waals surface area contributed by atoms with Crippen LogP contribution in [0.5, 0.6) is 0 Å². The lowest BCUT2D eigenvalue weighted by molar-refractivity contribution is 0.0113. The molecule has 1 aliphatic rings. The molecule has 0 bridgehead atoms. The molecule has 3 nitrogen and oxygen atoms in total. The second-order valence-corrected chi connectivity index (χ2v) is 5.89. The topological polar surface area (TPSA) is 49.7 Å². The van der Waals surface area contributed by atoms with Gasteiger partial charge in [-0.3, -0.25) is 0 Å². The van der Waals surface area contributed by atoms with Crippen molar-refractivity contribution in [2.45, 2.75) is 43.8 Å². The number of benzene rings is 1. The number of hydrogen-bond donors (Lipinski definition) is 2. The first-order chi connectivity index (χ1) is 9.09. The molecule has 0 spiro atoms. The van der Waals surface area contributed by atoms with Crippen molar-refractivity contribution in [3.8, 4) is 0 Å². The third-order valence-electron chi connectivity index (χ3n) is 3.98. The van der Waals surface area contributed by atoms with Crippen LogP contribution in [-0.2, 0) is 10.2 Å². The smallest absolute Gasteiger partial charge is 0.0590 e. The van der Waals surface area contributed by atoms with E-state index in [0.29, 0.717) is 11.4 Å². The molecule has 1 aromatic rings. The summed E-state index contributed by atoms with van der Waals surface area (Å²) in [5, 5.41) is 20.2. The molecule has 1 aromatic carbocycles. The highest BCUT2D eigenvalue weighted by Crippen LogP contribution is 2.35. The molecule has 2 atom stereocenters. The molecule has 0 aromatic heterocycles. The average molecular weight is 285 g/mol. The van der Waals surface area contributed by atoms with E-state index in [1.54, 1.807) is 6.07 Å². The second kappa shape index (κ2) is 6.23. The van der Waals surface area contributed by atoms with Crippen LogP contribution in [0.2, 0.25) is 5.02 Å². The maximum absolute atomic E-state index is 9.79. The number of aliphatic hydroxyl groups is 2. The van der Waals surface area contributed by atoms with Crippen molar-refractivity contribution in [2.24, 2.45) is 0 Å². The Morgan fingerprint density at radius 1 is 1.32 bits per heavy atom. The molecule has 1 saturated heterocycles. The van der Waals surface area contributed by atoms with Crippen LogP contribution in [0.1, 0.15) is 31.7 Å². The molecular weight excluding hydrogens is 264 g/mol. The van der Waals surface area contributed by atoms with E-state index in [1.165, 1.54) is 0 Å². The highest BCUT2D eigenvalue weighted by molar-refractivity contribution is 6.30. The van der Waals surface area contributed by atoms with E-state index in [2.05, 4.69) is 6.92 Å². The van der Waals surface area contributed by atoms with Gasteiger partial charge in [-0.2, -0.15) is 0 Å².